The Morgan fingerprint density at radius 3 is 2.44 bits per heavy atom. The minimum atomic E-state index is -1.20. The molecule has 0 radical (unpaired) electrons. The van der Waals surface area contributed by atoms with Crippen LogP contribution in [0.1, 0.15) is 78.6 Å². The van der Waals surface area contributed by atoms with E-state index in [9.17, 15) is 24.6 Å². The maximum Gasteiger partial charge on any atom is 0.326 e. The van der Waals surface area contributed by atoms with Gasteiger partial charge in [-0.1, -0.05) is 39.0 Å². The van der Waals surface area contributed by atoms with Crippen molar-refractivity contribution in [3.8, 4) is 0 Å². The topological polar surface area (TPSA) is 107 Å². The number of carboxylic acids is 2. The number of likely N-dealkylation sites (tertiary alicyclic amines) is 1. The Morgan fingerprint density at radius 1 is 1.19 bits per heavy atom. The molecule has 0 aromatic carbocycles. The molecule has 154 valence electrons. The van der Waals surface area contributed by atoms with Crippen LogP contribution in [0.3, 0.4) is 0 Å². The first kappa shape index (κ1) is 21.7. The summed E-state index contributed by atoms with van der Waals surface area (Å²) in [4.78, 5) is 38.2. The molecule has 1 saturated carbocycles. The predicted molar refractivity (Wildman–Crippen MR) is 101 cm³/mol. The van der Waals surface area contributed by atoms with E-state index in [-0.39, 0.29) is 17.9 Å². The largest absolute Gasteiger partial charge is 0.480 e. The van der Waals surface area contributed by atoms with E-state index in [2.05, 4.69) is 12.2 Å². The Morgan fingerprint density at radius 2 is 1.85 bits per heavy atom. The Hall–Kier alpha value is -1.63. The van der Waals surface area contributed by atoms with Gasteiger partial charge in [-0.2, -0.15) is 0 Å². The van der Waals surface area contributed by atoms with Crippen molar-refractivity contribution in [2.45, 2.75) is 102 Å². The zero-order chi connectivity index (χ0) is 20.2. The SMILES string of the molecule is CCCCC[C@](C)(N[C@@H](C)C(=O)N1C2CCCCC2C[C@H]1C(=O)O)C(=O)O. The molecular formula is C20H34N2O5. The summed E-state index contributed by atoms with van der Waals surface area (Å²) >= 11 is 0. The average molecular weight is 383 g/mol. The fourth-order valence-corrected chi connectivity index (χ4v) is 4.73. The number of unbranched alkanes of at least 4 members (excludes halogenated alkanes) is 2. The molecule has 5 atom stereocenters. The van der Waals surface area contributed by atoms with Crippen LogP contribution in [0.2, 0.25) is 0 Å². The molecule has 1 amide bonds. The number of carbonyl (C=O) groups is 3. The molecule has 0 spiro atoms. The number of fused-ring (bicyclic) bond motifs is 1. The molecule has 0 aromatic rings. The van der Waals surface area contributed by atoms with Crippen LogP contribution in [0.25, 0.3) is 0 Å². The van der Waals surface area contributed by atoms with Gasteiger partial charge in [0.15, 0.2) is 0 Å². The summed E-state index contributed by atoms with van der Waals surface area (Å²) in [7, 11) is 0. The summed E-state index contributed by atoms with van der Waals surface area (Å²) < 4.78 is 0. The molecule has 3 N–H and O–H groups in total. The third-order valence-corrected chi connectivity index (χ3v) is 6.29. The first-order valence-electron chi connectivity index (χ1n) is 10.3. The van der Waals surface area contributed by atoms with Crippen LogP contribution in [0, 0.1) is 5.92 Å². The molecule has 0 aromatic heterocycles. The lowest BCUT2D eigenvalue weighted by Crippen LogP contribution is -2.59. The summed E-state index contributed by atoms with van der Waals surface area (Å²) in [6.07, 6.45) is 7.50. The standard InChI is InChI=1S/C20H34N2O5/c1-4-5-8-11-20(3,19(26)27)21-13(2)17(23)22-15-10-7-6-9-14(15)12-16(22)18(24)25/h13-16,21H,4-12H2,1-3H3,(H,24,25)(H,26,27)/t13-,14?,15?,16-,20-/m0/s1. The van der Waals surface area contributed by atoms with E-state index >= 15 is 0 Å². The highest BCUT2D eigenvalue weighted by atomic mass is 16.4. The maximum absolute atomic E-state index is 13.2. The Kier molecular flexibility index (Phi) is 7.25. The van der Waals surface area contributed by atoms with Crippen LogP contribution in [-0.2, 0) is 14.4 Å². The number of hydrogen-bond donors (Lipinski definition) is 3. The third-order valence-electron chi connectivity index (χ3n) is 6.29. The highest BCUT2D eigenvalue weighted by Crippen LogP contribution is 2.40. The van der Waals surface area contributed by atoms with Gasteiger partial charge in [0.05, 0.1) is 6.04 Å². The fraction of sp³-hybridized carbons (Fsp3) is 0.850. The van der Waals surface area contributed by atoms with Gasteiger partial charge in [-0.25, -0.2) is 4.79 Å². The molecule has 1 aliphatic carbocycles. The van der Waals surface area contributed by atoms with Gasteiger partial charge >= 0.3 is 11.9 Å². The summed E-state index contributed by atoms with van der Waals surface area (Å²) in [5.41, 5.74) is -1.20. The number of hydrogen-bond acceptors (Lipinski definition) is 4. The van der Waals surface area contributed by atoms with Gasteiger partial charge in [0, 0.05) is 6.04 Å². The van der Waals surface area contributed by atoms with Crippen LogP contribution >= 0.6 is 0 Å². The van der Waals surface area contributed by atoms with Gasteiger partial charge in [0.25, 0.3) is 0 Å². The molecule has 1 heterocycles. The molecule has 0 bridgehead atoms. The van der Waals surface area contributed by atoms with Crippen molar-refractivity contribution in [3.05, 3.63) is 0 Å². The fourth-order valence-electron chi connectivity index (χ4n) is 4.73. The van der Waals surface area contributed by atoms with Crippen molar-refractivity contribution in [3.63, 3.8) is 0 Å². The van der Waals surface area contributed by atoms with Crippen molar-refractivity contribution in [2.75, 3.05) is 0 Å². The predicted octanol–water partition coefficient (Wildman–Crippen LogP) is 2.63. The lowest BCUT2D eigenvalue weighted by Gasteiger charge is -2.37. The average Bonchev–Trinajstić information content (AvgIpc) is 3.01. The molecule has 2 fully saturated rings. The number of carboxylic acid groups (broad SMARTS) is 2. The van der Waals surface area contributed by atoms with E-state index in [0.717, 1.165) is 44.9 Å². The molecule has 7 heteroatoms. The summed E-state index contributed by atoms with van der Waals surface area (Å²) in [6, 6.07) is -1.57. The zero-order valence-corrected chi connectivity index (χ0v) is 16.7. The van der Waals surface area contributed by atoms with Gasteiger partial charge in [0.2, 0.25) is 5.91 Å². The van der Waals surface area contributed by atoms with E-state index in [4.69, 9.17) is 0 Å². The highest BCUT2D eigenvalue weighted by Gasteiger charge is 2.49. The second-order valence-corrected chi connectivity index (χ2v) is 8.41. The Balaban J connectivity index is 2.13. The second-order valence-electron chi connectivity index (χ2n) is 8.41. The molecule has 27 heavy (non-hydrogen) atoms. The summed E-state index contributed by atoms with van der Waals surface area (Å²) in [5.74, 6) is -2.00. The first-order valence-corrected chi connectivity index (χ1v) is 10.3. The molecule has 1 saturated heterocycles. The van der Waals surface area contributed by atoms with Crippen molar-refractivity contribution in [1.82, 2.24) is 10.2 Å². The Labute approximate surface area is 161 Å². The van der Waals surface area contributed by atoms with Gasteiger partial charge in [0.1, 0.15) is 11.6 Å². The summed E-state index contributed by atoms with van der Waals surface area (Å²) in [6.45, 7) is 5.31. The number of rotatable bonds is 9. The van der Waals surface area contributed by atoms with E-state index in [1.807, 2.05) is 0 Å². The molecular weight excluding hydrogens is 348 g/mol. The van der Waals surface area contributed by atoms with Crippen molar-refractivity contribution in [1.29, 1.82) is 0 Å². The van der Waals surface area contributed by atoms with Gasteiger partial charge < -0.3 is 15.1 Å². The van der Waals surface area contributed by atoms with Crippen molar-refractivity contribution < 1.29 is 24.6 Å². The van der Waals surface area contributed by atoms with E-state index in [0.29, 0.717) is 12.8 Å². The van der Waals surface area contributed by atoms with Gasteiger partial charge in [-0.3, -0.25) is 14.9 Å². The van der Waals surface area contributed by atoms with Crippen molar-refractivity contribution >= 4 is 17.8 Å². The van der Waals surface area contributed by atoms with Crippen molar-refractivity contribution in [2.24, 2.45) is 5.92 Å². The number of amides is 1. The van der Waals surface area contributed by atoms with E-state index in [1.54, 1.807) is 13.8 Å². The van der Waals surface area contributed by atoms with Gasteiger partial charge in [-0.15, -0.1) is 0 Å². The van der Waals surface area contributed by atoms with Crippen LogP contribution in [0.5, 0.6) is 0 Å². The Bertz CT molecular complexity index is 567. The molecule has 2 unspecified atom stereocenters. The van der Waals surface area contributed by atoms with Crippen LogP contribution in [0.4, 0.5) is 0 Å². The normalized spacial score (nSPS) is 28.3. The quantitative estimate of drug-likeness (QED) is 0.529. The monoisotopic (exact) mass is 382 g/mol. The highest BCUT2D eigenvalue weighted by molar-refractivity contribution is 5.89. The number of aliphatic carboxylic acids is 2. The first-order chi connectivity index (χ1) is 12.7. The number of nitrogens with one attached hydrogen (secondary N) is 1. The van der Waals surface area contributed by atoms with Gasteiger partial charge in [-0.05, 0) is 45.4 Å². The maximum atomic E-state index is 13.2. The smallest absolute Gasteiger partial charge is 0.326 e. The van der Waals surface area contributed by atoms with Crippen LogP contribution < -0.4 is 5.32 Å². The molecule has 1 aliphatic heterocycles. The van der Waals surface area contributed by atoms with E-state index < -0.39 is 29.6 Å². The zero-order valence-electron chi connectivity index (χ0n) is 16.7. The second kappa shape index (κ2) is 9.04. The molecule has 7 nitrogen and oxygen atoms in total. The van der Waals surface area contributed by atoms with Crippen LogP contribution in [-0.4, -0.2) is 56.6 Å². The molecule has 2 rings (SSSR count). The lowest BCUT2D eigenvalue weighted by molar-refractivity contribution is -0.152. The third kappa shape index (κ3) is 4.81. The number of carbonyl (C=O) groups excluding carboxylic acids is 1. The minimum absolute atomic E-state index is 0.0345. The van der Waals surface area contributed by atoms with E-state index in [1.165, 1.54) is 4.90 Å². The molecule has 2 aliphatic rings. The lowest BCUT2D eigenvalue weighted by atomic mass is 9.84. The summed E-state index contributed by atoms with van der Waals surface area (Å²) in [5, 5.41) is 22.3. The minimum Gasteiger partial charge on any atom is -0.480 e. The number of nitrogens with zero attached hydrogens (tertiary/aromatic N) is 1. The van der Waals surface area contributed by atoms with Crippen LogP contribution in [0.15, 0.2) is 0 Å².